The predicted molar refractivity (Wildman–Crippen MR) is 105 cm³/mol. The summed E-state index contributed by atoms with van der Waals surface area (Å²) in [5.74, 6) is -0.520. The Morgan fingerprint density at radius 1 is 1.08 bits per heavy atom. The number of nitrogens with one attached hydrogen (secondary N) is 2. The molecule has 2 N–H and O–H groups in total. The van der Waals surface area contributed by atoms with Crippen molar-refractivity contribution < 1.29 is 9.59 Å². The zero-order chi connectivity index (χ0) is 19.1. The largest absolute Gasteiger partial charge is 0.350 e. The highest BCUT2D eigenvalue weighted by atomic mass is 35.5. The highest BCUT2D eigenvalue weighted by Crippen LogP contribution is 2.21. The zero-order valence-electron chi connectivity index (χ0n) is 14.8. The van der Waals surface area contributed by atoms with E-state index in [0.29, 0.717) is 15.6 Å². The van der Waals surface area contributed by atoms with E-state index >= 15 is 0 Å². The van der Waals surface area contributed by atoms with E-state index in [-0.39, 0.29) is 24.3 Å². The van der Waals surface area contributed by atoms with Crippen LogP contribution in [0, 0.1) is 5.92 Å². The Labute approximate surface area is 163 Å². The molecule has 0 fully saturated rings. The van der Waals surface area contributed by atoms with Crippen molar-refractivity contribution in [3.63, 3.8) is 0 Å². The Morgan fingerprint density at radius 3 is 2.38 bits per heavy atom. The Bertz CT molecular complexity index is 766. The molecule has 0 aromatic heterocycles. The van der Waals surface area contributed by atoms with Crippen molar-refractivity contribution in [2.75, 3.05) is 0 Å². The first kappa shape index (κ1) is 20.3. The number of hydrogen-bond donors (Lipinski definition) is 2. The van der Waals surface area contributed by atoms with Gasteiger partial charge in [0, 0.05) is 22.2 Å². The monoisotopic (exact) mass is 392 g/mol. The third kappa shape index (κ3) is 5.48. The Kier molecular flexibility index (Phi) is 7.49. The maximum atomic E-state index is 12.7. The van der Waals surface area contributed by atoms with Crippen molar-refractivity contribution in [3.05, 3.63) is 69.7 Å². The van der Waals surface area contributed by atoms with E-state index in [1.807, 2.05) is 19.9 Å². The van der Waals surface area contributed by atoms with Gasteiger partial charge >= 0.3 is 0 Å². The first-order valence-electron chi connectivity index (χ1n) is 8.50. The van der Waals surface area contributed by atoms with Crippen molar-refractivity contribution >= 4 is 35.0 Å². The maximum Gasteiger partial charge on any atom is 0.251 e. The van der Waals surface area contributed by atoms with Gasteiger partial charge in [-0.25, -0.2) is 0 Å². The standard InChI is InChI=1S/C20H22Cl2N2O2/c1-3-13(2)18(24-19(25)14-7-5-4-6-8-14)20(26)23-12-15-9-10-16(21)11-17(15)22/h4-11,13,18H,3,12H2,1-2H3,(H,23,26)(H,24,25)/t13-,18-/m0/s1. The Hall–Kier alpha value is -2.04. The van der Waals surface area contributed by atoms with Crippen LogP contribution >= 0.6 is 23.2 Å². The van der Waals surface area contributed by atoms with Gasteiger partial charge in [-0.3, -0.25) is 9.59 Å². The van der Waals surface area contributed by atoms with E-state index in [2.05, 4.69) is 10.6 Å². The fourth-order valence-corrected chi connectivity index (χ4v) is 2.95. The van der Waals surface area contributed by atoms with E-state index in [9.17, 15) is 9.59 Å². The van der Waals surface area contributed by atoms with E-state index in [4.69, 9.17) is 23.2 Å². The third-order valence-corrected chi connectivity index (χ3v) is 4.87. The molecule has 2 atom stereocenters. The molecule has 0 aliphatic heterocycles. The Morgan fingerprint density at radius 2 is 1.77 bits per heavy atom. The first-order valence-corrected chi connectivity index (χ1v) is 9.25. The van der Waals surface area contributed by atoms with E-state index in [0.717, 1.165) is 12.0 Å². The molecule has 0 radical (unpaired) electrons. The van der Waals surface area contributed by atoms with Crippen LogP contribution in [0.4, 0.5) is 0 Å². The molecular formula is C20H22Cl2N2O2. The second kappa shape index (κ2) is 9.60. The fraction of sp³-hybridized carbons (Fsp3) is 0.300. The molecule has 0 saturated carbocycles. The van der Waals surface area contributed by atoms with Crippen LogP contribution in [0.3, 0.4) is 0 Å². The summed E-state index contributed by atoms with van der Waals surface area (Å²) in [6.07, 6.45) is 0.759. The molecule has 0 unspecified atom stereocenters. The van der Waals surface area contributed by atoms with E-state index in [1.165, 1.54) is 0 Å². The molecule has 2 rings (SSSR count). The Balaban J connectivity index is 2.05. The van der Waals surface area contributed by atoms with Gasteiger partial charge in [-0.2, -0.15) is 0 Å². The van der Waals surface area contributed by atoms with Crippen molar-refractivity contribution in [3.8, 4) is 0 Å². The minimum atomic E-state index is -0.626. The topological polar surface area (TPSA) is 58.2 Å². The van der Waals surface area contributed by atoms with Crippen LogP contribution in [-0.4, -0.2) is 17.9 Å². The highest BCUT2D eigenvalue weighted by Gasteiger charge is 2.26. The molecule has 4 nitrogen and oxygen atoms in total. The van der Waals surface area contributed by atoms with Gasteiger partial charge in [-0.1, -0.05) is 67.7 Å². The molecule has 0 bridgehead atoms. The lowest BCUT2D eigenvalue weighted by molar-refractivity contribution is -0.124. The molecule has 0 aliphatic carbocycles. The van der Waals surface area contributed by atoms with Crippen LogP contribution in [0.25, 0.3) is 0 Å². The molecule has 2 aromatic rings. The smallest absolute Gasteiger partial charge is 0.251 e. The number of carbonyl (C=O) groups is 2. The predicted octanol–water partition coefficient (Wildman–Crippen LogP) is 4.45. The van der Waals surface area contributed by atoms with Gasteiger partial charge in [0.05, 0.1) is 0 Å². The molecule has 2 amide bonds. The van der Waals surface area contributed by atoms with Gasteiger partial charge in [-0.15, -0.1) is 0 Å². The fourth-order valence-electron chi connectivity index (χ4n) is 2.47. The highest BCUT2D eigenvalue weighted by molar-refractivity contribution is 6.35. The minimum absolute atomic E-state index is 0.0108. The summed E-state index contributed by atoms with van der Waals surface area (Å²) in [5.41, 5.74) is 1.29. The molecule has 0 heterocycles. The third-order valence-electron chi connectivity index (χ3n) is 4.29. The molecule has 138 valence electrons. The summed E-state index contributed by atoms with van der Waals surface area (Å²) in [7, 11) is 0. The summed E-state index contributed by atoms with van der Waals surface area (Å²) >= 11 is 12.0. The molecular weight excluding hydrogens is 371 g/mol. The normalized spacial score (nSPS) is 12.9. The summed E-state index contributed by atoms with van der Waals surface area (Å²) in [6, 6.07) is 13.3. The van der Waals surface area contributed by atoms with Gasteiger partial charge in [0.25, 0.3) is 5.91 Å². The van der Waals surface area contributed by atoms with Crippen molar-refractivity contribution in [1.82, 2.24) is 10.6 Å². The average molecular weight is 393 g/mol. The van der Waals surface area contributed by atoms with E-state index in [1.54, 1.807) is 42.5 Å². The minimum Gasteiger partial charge on any atom is -0.350 e. The van der Waals surface area contributed by atoms with Gasteiger partial charge in [-0.05, 0) is 35.7 Å². The summed E-state index contributed by atoms with van der Waals surface area (Å²) < 4.78 is 0. The zero-order valence-corrected chi connectivity index (χ0v) is 16.3. The molecule has 2 aromatic carbocycles. The molecule has 0 aliphatic rings. The number of rotatable bonds is 7. The van der Waals surface area contributed by atoms with Crippen LogP contribution < -0.4 is 10.6 Å². The van der Waals surface area contributed by atoms with Crippen LogP contribution in [0.5, 0.6) is 0 Å². The molecule has 0 saturated heterocycles. The number of hydrogen-bond acceptors (Lipinski definition) is 2. The maximum absolute atomic E-state index is 12.7. The second-order valence-electron chi connectivity index (χ2n) is 6.16. The lowest BCUT2D eigenvalue weighted by Crippen LogP contribution is -2.50. The van der Waals surface area contributed by atoms with Gasteiger partial charge < -0.3 is 10.6 Å². The number of amides is 2. The lowest BCUT2D eigenvalue weighted by atomic mass is 9.97. The van der Waals surface area contributed by atoms with Gasteiger partial charge in [0.2, 0.25) is 5.91 Å². The van der Waals surface area contributed by atoms with Crippen LogP contribution in [-0.2, 0) is 11.3 Å². The summed E-state index contributed by atoms with van der Waals surface area (Å²) in [5, 5.41) is 6.72. The van der Waals surface area contributed by atoms with Gasteiger partial charge in [0.15, 0.2) is 0 Å². The van der Waals surface area contributed by atoms with Crippen LogP contribution in [0.15, 0.2) is 48.5 Å². The number of halogens is 2. The quantitative estimate of drug-likeness (QED) is 0.730. The SMILES string of the molecule is CC[C@H](C)[C@H](NC(=O)c1ccccc1)C(=O)NCc1ccc(Cl)cc1Cl. The average Bonchev–Trinajstić information content (AvgIpc) is 2.65. The summed E-state index contributed by atoms with van der Waals surface area (Å²) in [6.45, 7) is 4.18. The van der Waals surface area contributed by atoms with Crippen molar-refractivity contribution in [2.24, 2.45) is 5.92 Å². The van der Waals surface area contributed by atoms with Gasteiger partial charge in [0.1, 0.15) is 6.04 Å². The number of benzene rings is 2. The first-order chi connectivity index (χ1) is 12.4. The second-order valence-corrected chi connectivity index (χ2v) is 7.00. The van der Waals surface area contributed by atoms with E-state index < -0.39 is 6.04 Å². The van der Waals surface area contributed by atoms with Crippen molar-refractivity contribution in [1.29, 1.82) is 0 Å². The van der Waals surface area contributed by atoms with Crippen LogP contribution in [0.1, 0.15) is 36.2 Å². The molecule has 6 heteroatoms. The number of carbonyl (C=O) groups excluding carboxylic acids is 2. The van der Waals surface area contributed by atoms with Crippen molar-refractivity contribution in [2.45, 2.75) is 32.9 Å². The molecule has 0 spiro atoms. The van der Waals surface area contributed by atoms with Crippen LogP contribution in [0.2, 0.25) is 10.0 Å². The lowest BCUT2D eigenvalue weighted by Gasteiger charge is -2.23. The summed E-state index contributed by atoms with van der Waals surface area (Å²) in [4.78, 5) is 25.1. The molecule has 26 heavy (non-hydrogen) atoms.